The van der Waals surface area contributed by atoms with E-state index in [2.05, 4.69) is 0 Å². The summed E-state index contributed by atoms with van der Waals surface area (Å²) >= 11 is 0. The maximum atomic E-state index is 13.3. The van der Waals surface area contributed by atoms with Gasteiger partial charge in [-0.2, -0.15) is 4.31 Å². The van der Waals surface area contributed by atoms with E-state index in [9.17, 15) is 8.42 Å². The Morgan fingerprint density at radius 3 is 1.86 bits per heavy atom. The van der Waals surface area contributed by atoms with Crippen molar-refractivity contribution in [1.29, 1.82) is 0 Å². The molecule has 0 bridgehead atoms. The van der Waals surface area contributed by atoms with Crippen LogP contribution in [0.25, 0.3) is 0 Å². The van der Waals surface area contributed by atoms with Crippen molar-refractivity contribution >= 4 is 10.0 Å². The fourth-order valence-corrected chi connectivity index (χ4v) is 4.34. The standard InChI is InChI=1S/C21H29NO6S/c1-14(2)16-8-9-17(25-4)20(12-16)29(23,24)22(3)13-15-10-18(26-5)21(28-7)19(11-15)27-6/h8-12,14H,13H2,1-7H3. The number of nitrogens with zero attached hydrogens (tertiary/aromatic N) is 1. The smallest absolute Gasteiger partial charge is 0.246 e. The van der Waals surface area contributed by atoms with Crippen LogP contribution in [0.3, 0.4) is 0 Å². The molecular formula is C21H29NO6S. The molecule has 0 aliphatic rings. The molecule has 2 aromatic rings. The van der Waals surface area contributed by atoms with E-state index in [1.54, 1.807) is 24.3 Å². The first-order valence-electron chi connectivity index (χ1n) is 9.12. The van der Waals surface area contributed by atoms with E-state index in [0.717, 1.165) is 5.56 Å². The second-order valence-electron chi connectivity index (χ2n) is 6.86. The van der Waals surface area contributed by atoms with Crippen LogP contribution in [0, 0.1) is 0 Å². The van der Waals surface area contributed by atoms with E-state index < -0.39 is 10.0 Å². The molecule has 0 aromatic heterocycles. The summed E-state index contributed by atoms with van der Waals surface area (Å²) in [4.78, 5) is 0.140. The summed E-state index contributed by atoms with van der Waals surface area (Å²) in [6, 6.07) is 8.70. The Labute approximate surface area is 173 Å². The molecule has 0 aliphatic carbocycles. The molecule has 0 amide bonds. The number of rotatable bonds is 9. The lowest BCUT2D eigenvalue weighted by Gasteiger charge is -2.21. The summed E-state index contributed by atoms with van der Waals surface area (Å²) in [7, 11) is 3.75. The zero-order chi connectivity index (χ0) is 21.8. The average Bonchev–Trinajstić information content (AvgIpc) is 2.72. The maximum absolute atomic E-state index is 13.3. The molecule has 0 saturated carbocycles. The molecule has 160 valence electrons. The van der Waals surface area contributed by atoms with Gasteiger partial charge in [0.05, 0.1) is 28.4 Å². The molecule has 0 radical (unpaired) electrons. The van der Waals surface area contributed by atoms with Gasteiger partial charge in [0.25, 0.3) is 0 Å². The molecule has 0 fully saturated rings. The lowest BCUT2D eigenvalue weighted by atomic mass is 10.0. The molecule has 0 aliphatic heterocycles. The topological polar surface area (TPSA) is 74.3 Å². The van der Waals surface area contributed by atoms with Crippen LogP contribution in [0.2, 0.25) is 0 Å². The minimum absolute atomic E-state index is 0.119. The summed E-state index contributed by atoms with van der Waals surface area (Å²) in [5, 5.41) is 0. The van der Waals surface area contributed by atoms with Crippen LogP contribution in [0.5, 0.6) is 23.0 Å². The van der Waals surface area contributed by atoms with Crippen molar-refractivity contribution in [3.05, 3.63) is 41.5 Å². The second-order valence-corrected chi connectivity index (χ2v) is 8.87. The van der Waals surface area contributed by atoms with Crippen LogP contribution in [0.1, 0.15) is 30.9 Å². The number of ether oxygens (including phenoxy) is 4. The van der Waals surface area contributed by atoms with Crippen molar-refractivity contribution in [2.45, 2.75) is 31.2 Å². The minimum atomic E-state index is -3.80. The molecule has 8 heteroatoms. The fourth-order valence-electron chi connectivity index (χ4n) is 2.99. The van der Waals surface area contributed by atoms with Gasteiger partial charge in [-0.25, -0.2) is 8.42 Å². The number of hydrogen-bond donors (Lipinski definition) is 0. The zero-order valence-corrected chi connectivity index (χ0v) is 18.8. The third-order valence-electron chi connectivity index (χ3n) is 4.67. The van der Waals surface area contributed by atoms with Crippen LogP contribution < -0.4 is 18.9 Å². The number of methoxy groups -OCH3 is 4. The predicted octanol–water partition coefficient (Wildman–Crippen LogP) is 3.67. The normalized spacial score (nSPS) is 11.6. The van der Waals surface area contributed by atoms with Gasteiger partial charge < -0.3 is 18.9 Å². The minimum Gasteiger partial charge on any atom is -0.495 e. The van der Waals surface area contributed by atoms with Crippen molar-refractivity contribution in [3.63, 3.8) is 0 Å². The summed E-state index contributed by atoms with van der Waals surface area (Å²) in [5.41, 5.74) is 1.62. The van der Waals surface area contributed by atoms with E-state index in [4.69, 9.17) is 18.9 Å². The quantitative estimate of drug-likeness (QED) is 0.613. The van der Waals surface area contributed by atoms with Gasteiger partial charge in [0.1, 0.15) is 10.6 Å². The molecule has 0 spiro atoms. The average molecular weight is 424 g/mol. The van der Waals surface area contributed by atoms with Crippen LogP contribution in [-0.2, 0) is 16.6 Å². The van der Waals surface area contributed by atoms with Gasteiger partial charge in [0.2, 0.25) is 15.8 Å². The molecular weight excluding hydrogens is 394 g/mol. The highest BCUT2D eigenvalue weighted by molar-refractivity contribution is 7.89. The lowest BCUT2D eigenvalue weighted by molar-refractivity contribution is 0.323. The predicted molar refractivity (Wildman–Crippen MR) is 112 cm³/mol. The molecule has 2 aromatic carbocycles. The van der Waals surface area contributed by atoms with Gasteiger partial charge in [0.15, 0.2) is 11.5 Å². The first-order chi connectivity index (χ1) is 13.7. The summed E-state index contributed by atoms with van der Waals surface area (Å²) in [5.74, 6) is 1.89. The Kier molecular flexibility index (Phi) is 7.37. The van der Waals surface area contributed by atoms with E-state index in [1.165, 1.54) is 39.8 Å². The van der Waals surface area contributed by atoms with Crippen LogP contribution >= 0.6 is 0 Å². The van der Waals surface area contributed by atoms with Gasteiger partial charge in [-0.05, 0) is 41.3 Å². The molecule has 29 heavy (non-hydrogen) atoms. The highest BCUT2D eigenvalue weighted by Gasteiger charge is 2.26. The Bertz CT molecular complexity index is 931. The van der Waals surface area contributed by atoms with Gasteiger partial charge in [-0.15, -0.1) is 0 Å². The Hall–Kier alpha value is -2.45. The first kappa shape index (κ1) is 22.8. The molecule has 0 unspecified atom stereocenters. The lowest BCUT2D eigenvalue weighted by Crippen LogP contribution is -2.27. The number of sulfonamides is 1. The second kappa shape index (κ2) is 9.37. The van der Waals surface area contributed by atoms with Crippen molar-refractivity contribution in [2.75, 3.05) is 35.5 Å². The monoisotopic (exact) mass is 423 g/mol. The largest absolute Gasteiger partial charge is 0.495 e. The van der Waals surface area contributed by atoms with Crippen molar-refractivity contribution in [2.24, 2.45) is 0 Å². The van der Waals surface area contributed by atoms with Crippen LogP contribution in [-0.4, -0.2) is 48.2 Å². The third-order valence-corrected chi connectivity index (χ3v) is 6.50. The molecule has 0 N–H and O–H groups in total. The summed E-state index contributed by atoms with van der Waals surface area (Å²) in [6.45, 7) is 4.14. The van der Waals surface area contributed by atoms with Gasteiger partial charge in [0, 0.05) is 13.6 Å². The molecule has 0 saturated heterocycles. The van der Waals surface area contributed by atoms with E-state index >= 15 is 0 Å². The SMILES string of the molecule is COc1ccc(C(C)C)cc1S(=O)(=O)N(C)Cc1cc(OC)c(OC)c(OC)c1. The Morgan fingerprint density at radius 2 is 1.41 bits per heavy atom. The van der Waals surface area contributed by atoms with Crippen molar-refractivity contribution in [1.82, 2.24) is 4.31 Å². The third kappa shape index (κ3) is 4.76. The first-order valence-corrected chi connectivity index (χ1v) is 10.6. The highest BCUT2D eigenvalue weighted by atomic mass is 32.2. The number of benzene rings is 2. The molecule has 2 rings (SSSR count). The van der Waals surface area contributed by atoms with Crippen LogP contribution in [0.4, 0.5) is 0 Å². The van der Waals surface area contributed by atoms with E-state index in [1.807, 2.05) is 19.9 Å². The van der Waals surface area contributed by atoms with Gasteiger partial charge >= 0.3 is 0 Å². The van der Waals surface area contributed by atoms with E-state index in [-0.39, 0.29) is 17.4 Å². The van der Waals surface area contributed by atoms with Crippen LogP contribution in [0.15, 0.2) is 35.2 Å². The zero-order valence-electron chi connectivity index (χ0n) is 18.0. The maximum Gasteiger partial charge on any atom is 0.246 e. The van der Waals surface area contributed by atoms with Crippen molar-refractivity contribution < 1.29 is 27.4 Å². The highest BCUT2D eigenvalue weighted by Crippen LogP contribution is 2.39. The number of hydrogen-bond acceptors (Lipinski definition) is 6. The molecule has 0 atom stereocenters. The molecule has 7 nitrogen and oxygen atoms in total. The Balaban J connectivity index is 2.45. The Morgan fingerprint density at radius 1 is 0.862 bits per heavy atom. The van der Waals surface area contributed by atoms with Crippen molar-refractivity contribution in [3.8, 4) is 23.0 Å². The summed E-state index contributed by atoms with van der Waals surface area (Å²) < 4.78 is 49.2. The fraction of sp³-hybridized carbons (Fsp3) is 0.429. The van der Waals surface area contributed by atoms with Gasteiger partial charge in [-0.1, -0.05) is 19.9 Å². The molecule has 0 heterocycles. The van der Waals surface area contributed by atoms with E-state index in [0.29, 0.717) is 28.6 Å². The van der Waals surface area contributed by atoms with Gasteiger partial charge in [-0.3, -0.25) is 0 Å². The summed E-state index contributed by atoms with van der Waals surface area (Å²) in [6.07, 6.45) is 0.